The van der Waals surface area contributed by atoms with Crippen LogP contribution in [0.1, 0.15) is 17.5 Å². The summed E-state index contributed by atoms with van der Waals surface area (Å²) in [5, 5.41) is 8.98. The molecule has 0 saturated carbocycles. The zero-order valence-electron chi connectivity index (χ0n) is 18.8. The minimum Gasteiger partial charge on any atom is -0.481 e. The van der Waals surface area contributed by atoms with Crippen molar-refractivity contribution in [1.82, 2.24) is 24.1 Å². The fourth-order valence-electron chi connectivity index (χ4n) is 3.22. The van der Waals surface area contributed by atoms with Gasteiger partial charge in [-0.2, -0.15) is 0 Å². The second kappa shape index (κ2) is 10.4. The number of ether oxygens (including phenoxy) is 1. The number of benzene rings is 2. The molecule has 178 valence electrons. The number of carbonyl (C=O) groups is 1. The van der Waals surface area contributed by atoms with E-state index in [-0.39, 0.29) is 31.1 Å². The van der Waals surface area contributed by atoms with E-state index >= 15 is 0 Å². The fourth-order valence-corrected chi connectivity index (χ4v) is 3.22. The number of hydrogen-bond donors (Lipinski definition) is 2. The highest BCUT2D eigenvalue weighted by Gasteiger charge is 2.11. The number of aromatic amines is 1. The maximum Gasteiger partial charge on any atom is 0.335 e. The monoisotopic (exact) mass is 474 g/mol. The molecule has 0 unspecified atom stereocenters. The van der Waals surface area contributed by atoms with Gasteiger partial charge < -0.3 is 9.84 Å². The Morgan fingerprint density at radius 2 is 1.71 bits per heavy atom. The summed E-state index contributed by atoms with van der Waals surface area (Å²) >= 11 is 0. The lowest BCUT2D eigenvalue weighted by Crippen LogP contribution is -2.50. The number of carboxylic acid groups (broad SMARTS) is 1. The number of rotatable bonds is 8. The van der Waals surface area contributed by atoms with Gasteiger partial charge >= 0.3 is 23.4 Å². The van der Waals surface area contributed by atoms with Crippen LogP contribution in [0, 0.1) is 6.92 Å². The maximum atomic E-state index is 13.2. The van der Waals surface area contributed by atoms with Gasteiger partial charge in [0, 0.05) is 18.9 Å². The van der Waals surface area contributed by atoms with Gasteiger partial charge in [0.2, 0.25) is 5.62 Å². The second-order valence-corrected chi connectivity index (χ2v) is 7.64. The van der Waals surface area contributed by atoms with E-state index < -0.39 is 17.3 Å². The minimum absolute atomic E-state index is 0.0345. The van der Waals surface area contributed by atoms with Crippen molar-refractivity contribution < 1.29 is 14.6 Å². The first-order chi connectivity index (χ1) is 16.9. The Labute approximate surface area is 198 Å². The van der Waals surface area contributed by atoms with E-state index in [1.807, 2.05) is 31.2 Å². The Morgan fingerprint density at radius 3 is 2.37 bits per heavy atom. The quantitative estimate of drug-likeness (QED) is 0.397. The Morgan fingerprint density at radius 1 is 1.03 bits per heavy atom. The van der Waals surface area contributed by atoms with Crippen LogP contribution >= 0.6 is 0 Å². The number of nitrogens with zero attached hydrogens (tertiary/aromatic N) is 5. The van der Waals surface area contributed by atoms with E-state index in [1.165, 1.54) is 4.57 Å². The van der Waals surface area contributed by atoms with Crippen LogP contribution in [0.25, 0.3) is 0 Å². The number of aryl methyl sites for hydroxylation is 1. The van der Waals surface area contributed by atoms with Crippen molar-refractivity contribution in [1.29, 1.82) is 0 Å². The molecule has 35 heavy (non-hydrogen) atoms. The van der Waals surface area contributed by atoms with Crippen LogP contribution in [0.15, 0.2) is 81.6 Å². The van der Waals surface area contributed by atoms with E-state index in [9.17, 15) is 14.4 Å². The van der Waals surface area contributed by atoms with Gasteiger partial charge in [-0.05, 0) is 42.8 Å². The Kier molecular flexibility index (Phi) is 6.96. The number of carboxylic acids is 1. The topological polar surface area (TPSA) is 144 Å². The molecule has 11 nitrogen and oxygen atoms in total. The van der Waals surface area contributed by atoms with Gasteiger partial charge in [0.1, 0.15) is 5.75 Å². The Hall–Kier alpha value is -4.80. The lowest BCUT2D eigenvalue weighted by molar-refractivity contribution is -0.137. The van der Waals surface area contributed by atoms with Crippen molar-refractivity contribution in [3.8, 4) is 11.8 Å². The molecule has 4 aromatic rings. The van der Waals surface area contributed by atoms with Gasteiger partial charge in [-0.1, -0.05) is 29.8 Å². The maximum absolute atomic E-state index is 13.2. The molecule has 0 saturated heterocycles. The summed E-state index contributed by atoms with van der Waals surface area (Å²) in [5.41, 5.74) is 0.978. The van der Waals surface area contributed by atoms with Gasteiger partial charge in [0.05, 0.1) is 18.7 Å². The molecule has 0 atom stereocenters. The molecule has 11 heteroatoms. The Bertz CT molecular complexity index is 1500. The summed E-state index contributed by atoms with van der Waals surface area (Å²) in [6.07, 6.45) is 2.76. The van der Waals surface area contributed by atoms with Crippen LogP contribution in [-0.2, 0) is 17.9 Å². The summed E-state index contributed by atoms with van der Waals surface area (Å²) in [5.74, 6) is -0.626. The van der Waals surface area contributed by atoms with Crippen LogP contribution in [0.3, 0.4) is 0 Å². The summed E-state index contributed by atoms with van der Waals surface area (Å²) in [6.45, 7) is 1.83. The van der Waals surface area contributed by atoms with Gasteiger partial charge in [0.15, 0.2) is 0 Å². The van der Waals surface area contributed by atoms with Crippen LogP contribution in [0.5, 0.6) is 11.8 Å². The smallest absolute Gasteiger partial charge is 0.335 e. The SMILES string of the molecule is Cc1ccc(Cn2c(=O)n(CCC(=O)O)c(=O)[nH]/c2=N\c2ccc(Oc3ncccn3)cc2)cc1. The zero-order chi connectivity index (χ0) is 24.8. The molecule has 0 radical (unpaired) electrons. The third-order valence-corrected chi connectivity index (χ3v) is 5.01. The van der Waals surface area contributed by atoms with Crippen LogP contribution < -0.4 is 21.7 Å². The standard InChI is InChI=1S/C24H22N6O5/c1-16-3-5-17(6-4-16)15-30-21(28-23(33)29(24(30)34)14-11-20(31)32)27-18-7-9-19(10-8-18)35-22-25-12-2-13-26-22/h2-10,12-13H,11,14-15H2,1H3,(H,31,32)(H,27,28,33). The fraction of sp³-hybridized carbons (Fsp3) is 0.167. The lowest BCUT2D eigenvalue weighted by atomic mass is 10.1. The first-order valence-electron chi connectivity index (χ1n) is 10.7. The van der Waals surface area contributed by atoms with E-state index in [0.717, 1.165) is 15.7 Å². The van der Waals surface area contributed by atoms with Crippen molar-refractivity contribution in [2.75, 3.05) is 0 Å². The van der Waals surface area contributed by atoms with Crippen molar-refractivity contribution in [2.45, 2.75) is 26.4 Å². The average Bonchev–Trinajstić information content (AvgIpc) is 2.84. The molecule has 2 heterocycles. The summed E-state index contributed by atoms with van der Waals surface area (Å²) < 4.78 is 7.73. The summed E-state index contributed by atoms with van der Waals surface area (Å²) in [7, 11) is 0. The molecule has 0 aliphatic rings. The molecule has 0 aliphatic heterocycles. The van der Waals surface area contributed by atoms with Crippen LogP contribution in [0.4, 0.5) is 5.69 Å². The van der Waals surface area contributed by atoms with Crippen molar-refractivity contribution in [2.24, 2.45) is 4.99 Å². The van der Waals surface area contributed by atoms with Crippen LogP contribution in [-0.4, -0.2) is 35.2 Å². The van der Waals surface area contributed by atoms with E-state index in [4.69, 9.17) is 9.84 Å². The van der Waals surface area contributed by atoms with Crippen molar-refractivity contribution >= 4 is 11.7 Å². The number of nitrogens with one attached hydrogen (secondary N) is 1. The van der Waals surface area contributed by atoms with Gasteiger partial charge in [0.25, 0.3) is 0 Å². The molecule has 2 N–H and O–H groups in total. The molecule has 0 fully saturated rings. The number of aromatic nitrogens is 5. The molecule has 0 aliphatic carbocycles. The average molecular weight is 474 g/mol. The molecule has 2 aromatic carbocycles. The minimum atomic E-state index is -1.11. The summed E-state index contributed by atoms with van der Waals surface area (Å²) in [4.78, 5) is 51.8. The highest BCUT2D eigenvalue weighted by atomic mass is 16.5. The third kappa shape index (κ3) is 5.96. The molecule has 0 bridgehead atoms. The largest absolute Gasteiger partial charge is 0.481 e. The summed E-state index contributed by atoms with van der Waals surface area (Å²) in [6, 6.07) is 16.1. The molecular weight excluding hydrogens is 452 g/mol. The van der Waals surface area contributed by atoms with E-state index in [2.05, 4.69) is 19.9 Å². The zero-order valence-corrected chi connectivity index (χ0v) is 18.8. The molecular formula is C24H22N6O5. The van der Waals surface area contributed by atoms with E-state index in [1.54, 1.807) is 42.7 Å². The highest BCUT2D eigenvalue weighted by molar-refractivity contribution is 5.66. The Balaban J connectivity index is 1.73. The lowest BCUT2D eigenvalue weighted by Gasteiger charge is -2.11. The van der Waals surface area contributed by atoms with Crippen molar-refractivity contribution in [3.63, 3.8) is 0 Å². The molecule has 0 spiro atoms. The van der Waals surface area contributed by atoms with Gasteiger partial charge in [-0.3, -0.25) is 14.3 Å². The van der Waals surface area contributed by atoms with Gasteiger partial charge in [-0.25, -0.2) is 29.1 Å². The van der Waals surface area contributed by atoms with Crippen LogP contribution in [0.2, 0.25) is 0 Å². The normalized spacial score (nSPS) is 11.4. The third-order valence-electron chi connectivity index (χ3n) is 5.01. The van der Waals surface area contributed by atoms with E-state index in [0.29, 0.717) is 11.4 Å². The van der Waals surface area contributed by atoms with Gasteiger partial charge in [-0.15, -0.1) is 0 Å². The molecule has 0 amide bonds. The highest BCUT2D eigenvalue weighted by Crippen LogP contribution is 2.20. The molecule has 4 rings (SSSR count). The predicted octanol–water partition coefficient (Wildman–Crippen LogP) is 1.98. The first-order valence-corrected chi connectivity index (χ1v) is 10.7. The van der Waals surface area contributed by atoms with Crippen molar-refractivity contribution in [3.05, 3.63) is 105 Å². The second-order valence-electron chi connectivity index (χ2n) is 7.64. The molecule has 2 aromatic heterocycles. The number of H-pyrrole nitrogens is 1. The number of hydrogen-bond acceptors (Lipinski definition) is 7. The predicted molar refractivity (Wildman–Crippen MR) is 126 cm³/mol. The number of aliphatic carboxylic acids is 1. The first kappa shape index (κ1) is 23.4.